The molecule has 0 aliphatic heterocycles. The molecule has 0 bridgehead atoms. The summed E-state index contributed by atoms with van der Waals surface area (Å²) in [6.45, 7) is 19.2. The molecule has 0 fully saturated rings. The van der Waals surface area contributed by atoms with E-state index in [4.69, 9.17) is 0 Å². The van der Waals surface area contributed by atoms with Gasteiger partial charge in [0.1, 0.15) is 18.1 Å². The number of amides is 5. The summed E-state index contributed by atoms with van der Waals surface area (Å²) < 4.78 is 0. The Morgan fingerprint density at radius 3 is 1.71 bits per heavy atom. The van der Waals surface area contributed by atoms with Crippen LogP contribution in [0.15, 0.2) is 30.3 Å². The van der Waals surface area contributed by atoms with Gasteiger partial charge in [-0.25, -0.2) is 0 Å². The Morgan fingerprint density at radius 1 is 0.633 bits per heavy atom. The van der Waals surface area contributed by atoms with E-state index in [-0.39, 0.29) is 60.8 Å². The van der Waals surface area contributed by atoms with Crippen LogP contribution in [0, 0.1) is 23.7 Å². The average molecular weight is 688 g/mol. The van der Waals surface area contributed by atoms with Crippen molar-refractivity contribution < 1.29 is 29.1 Å². The molecule has 1 aromatic carbocycles. The van der Waals surface area contributed by atoms with Crippen molar-refractivity contribution in [2.45, 2.75) is 150 Å². The van der Waals surface area contributed by atoms with Gasteiger partial charge in [0.15, 0.2) is 0 Å². The molecule has 5 amide bonds. The maximum atomic E-state index is 13.8. The number of hydrogen-bond acceptors (Lipinski definition) is 6. The summed E-state index contributed by atoms with van der Waals surface area (Å²) in [6, 6.07) is 5.87. The lowest BCUT2D eigenvalue weighted by atomic mass is 9.95. The number of aliphatic hydroxyl groups excluding tert-OH is 1. The van der Waals surface area contributed by atoms with Gasteiger partial charge in [-0.1, -0.05) is 106 Å². The zero-order valence-corrected chi connectivity index (χ0v) is 31.6. The molecule has 0 aliphatic carbocycles. The van der Waals surface area contributed by atoms with E-state index in [0.717, 1.165) is 18.4 Å². The number of rotatable bonds is 22. The lowest BCUT2D eigenvalue weighted by Crippen LogP contribution is -2.58. The monoisotopic (exact) mass is 687 g/mol. The first-order valence-corrected chi connectivity index (χ1v) is 18.2. The van der Waals surface area contributed by atoms with E-state index >= 15 is 0 Å². The lowest BCUT2D eigenvalue weighted by Gasteiger charge is -2.30. The van der Waals surface area contributed by atoms with Gasteiger partial charge in [-0.2, -0.15) is 0 Å². The van der Waals surface area contributed by atoms with Gasteiger partial charge in [0, 0.05) is 12.5 Å². The molecule has 2 unspecified atom stereocenters. The largest absolute Gasteiger partial charge is 0.390 e. The topological polar surface area (TPSA) is 166 Å². The van der Waals surface area contributed by atoms with Crippen LogP contribution in [0.5, 0.6) is 0 Å². The van der Waals surface area contributed by atoms with Crippen LogP contribution in [0.4, 0.5) is 0 Å². The van der Waals surface area contributed by atoms with Gasteiger partial charge in [0.2, 0.25) is 29.5 Å². The second kappa shape index (κ2) is 22.3. The van der Waals surface area contributed by atoms with Crippen molar-refractivity contribution in [1.82, 2.24) is 26.6 Å². The molecule has 1 rings (SSSR count). The van der Waals surface area contributed by atoms with E-state index in [9.17, 15) is 29.1 Å². The van der Waals surface area contributed by atoms with Crippen LogP contribution in [0.25, 0.3) is 0 Å². The fourth-order valence-corrected chi connectivity index (χ4v) is 5.59. The Kier molecular flexibility index (Phi) is 19.8. The molecule has 0 aliphatic rings. The van der Waals surface area contributed by atoms with E-state index in [1.54, 1.807) is 13.8 Å². The summed E-state index contributed by atoms with van der Waals surface area (Å²) in [6.07, 6.45) is 1.47. The molecule has 49 heavy (non-hydrogen) atoms. The normalized spacial score (nSPS) is 15.2. The Hall–Kier alpha value is -3.47. The maximum Gasteiger partial charge on any atom is 0.243 e. The number of carbonyl (C=O) groups is 5. The smallest absolute Gasteiger partial charge is 0.243 e. The molecule has 6 atom stereocenters. The molecular formula is C38H65N5O6. The van der Waals surface area contributed by atoms with Gasteiger partial charge >= 0.3 is 0 Å². The average Bonchev–Trinajstić information content (AvgIpc) is 3.03. The van der Waals surface area contributed by atoms with E-state index < -0.39 is 48.0 Å². The first-order chi connectivity index (χ1) is 23.0. The predicted octanol–water partition coefficient (Wildman–Crippen LogP) is 4.02. The van der Waals surface area contributed by atoms with Crippen molar-refractivity contribution in [2.24, 2.45) is 23.7 Å². The van der Waals surface area contributed by atoms with Crippen LogP contribution in [-0.2, 0) is 30.4 Å². The summed E-state index contributed by atoms with van der Waals surface area (Å²) >= 11 is 0. The van der Waals surface area contributed by atoms with E-state index in [1.165, 1.54) is 0 Å². The molecule has 278 valence electrons. The predicted molar refractivity (Wildman–Crippen MR) is 194 cm³/mol. The van der Waals surface area contributed by atoms with Crippen molar-refractivity contribution in [3.8, 4) is 0 Å². The van der Waals surface area contributed by atoms with Gasteiger partial charge in [-0.15, -0.1) is 0 Å². The Bertz CT molecular complexity index is 1170. The summed E-state index contributed by atoms with van der Waals surface area (Å²) in [5.74, 6) is -2.18. The highest BCUT2D eigenvalue weighted by molar-refractivity contribution is 5.92. The Balaban J connectivity index is 3.20. The van der Waals surface area contributed by atoms with Crippen molar-refractivity contribution in [3.63, 3.8) is 0 Å². The van der Waals surface area contributed by atoms with Crippen molar-refractivity contribution in [3.05, 3.63) is 35.9 Å². The second-order valence-corrected chi connectivity index (χ2v) is 14.6. The summed E-state index contributed by atoms with van der Waals surface area (Å²) in [5.41, 5.74) is 0.837. The number of aliphatic hydroxyl groups is 1. The van der Waals surface area contributed by atoms with Gasteiger partial charge in [0.05, 0.1) is 18.6 Å². The minimum Gasteiger partial charge on any atom is -0.390 e. The van der Waals surface area contributed by atoms with E-state index in [0.29, 0.717) is 12.8 Å². The lowest BCUT2D eigenvalue weighted by molar-refractivity contribution is -0.134. The highest BCUT2D eigenvalue weighted by Crippen LogP contribution is 2.14. The molecule has 0 heterocycles. The van der Waals surface area contributed by atoms with Gasteiger partial charge < -0.3 is 31.7 Å². The van der Waals surface area contributed by atoms with Crippen molar-refractivity contribution >= 4 is 29.5 Å². The third kappa shape index (κ3) is 16.2. The number of nitrogens with one attached hydrogen (secondary N) is 5. The minimum absolute atomic E-state index is 0.00151. The third-order valence-corrected chi connectivity index (χ3v) is 8.83. The first-order valence-electron chi connectivity index (χ1n) is 18.2. The minimum atomic E-state index is -1.30. The van der Waals surface area contributed by atoms with E-state index in [2.05, 4.69) is 26.6 Å². The third-order valence-electron chi connectivity index (χ3n) is 8.83. The number of benzene rings is 1. The Morgan fingerprint density at radius 2 is 1.20 bits per heavy atom. The highest BCUT2D eigenvalue weighted by Gasteiger charge is 2.33. The zero-order chi connectivity index (χ0) is 37.3. The molecule has 0 spiro atoms. The van der Waals surface area contributed by atoms with Gasteiger partial charge in [-0.3, -0.25) is 24.0 Å². The number of hydrogen-bond donors (Lipinski definition) is 6. The second-order valence-electron chi connectivity index (χ2n) is 14.6. The number of carbonyl (C=O) groups excluding carboxylic acids is 5. The Labute approximate surface area is 294 Å². The molecule has 11 heteroatoms. The van der Waals surface area contributed by atoms with Crippen molar-refractivity contribution in [1.29, 1.82) is 0 Å². The fourth-order valence-electron chi connectivity index (χ4n) is 5.59. The van der Waals surface area contributed by atoms with Gasteiger partial charge in [0.25, 0.3) is 0 Å². The van der Waals surface area contributed by atoms with Crippen LogP contribution >= 0.6 is 0 Å². The van der Waals surface area contributed by atoms with E-state index in [1.807, 2.05) is 85.7 Å². The first kappa shape index (κ1) is 43.6. The summed E-state index contributed by atoms with van der Waals surface area (Å²) in [4.78, 5) is 66.3. The zero-order valence-electron chi connectivity index (χ0n) is 31.6. The molecule has 0 saturated heterocycles. The molecule has 1 aromatic rings. The summed E-state index contributed by atoms with van der Waals surface area (Å²) in [7, 11) is 0. The van der Waals surface area contributed by atoms with Gasteiger partial charge in [-0.05, 0) is 54.9 Å². The molecule has 0 saturated carbocycles. The van der Waals surface area contributed by atoms with Crippen LogP contribution in [0.1, 0.15) is 113 Å². The highest BCUT2D eigenvalue weighted by atomic mass is 16.3. The van der Waals surface area contributed by atoms with Crippen molar-refractivity contribution in [2.75, 3.05) is 0 Å². The molecule has 0 radical (unpaired) electrons. The maximum absolute atomic E-state index is 13.8. The van der Waals surface area contributed by atoms with Crippen LogP contribution in [0.3, 0.4) is 0 Å². The standard InChI is InChI=1S/C38H65N5O6/c1-11-26(10)35(38(49)39-28(12-2)13-3)42-33(46)22-31(44)29(21-27-17-15-14-16-18-27)41-37(48)34(25(8)9)43-36(47)30(19-23(4)5)40-32(45)20-24(6)7/h14-18,23-26,28-31,34-35,44H,11-13,19-22H2,1-10H3,(H,39,49)(H,40,45)(H,41,48)(H,42,46)(H,43,47)/t26-,29?,30-,31?,34-,35-/m0/s1. The molecule has 6 N–H and O–H groups in total. The SMILES string of the molecule is CCC(CC)NC(=O)[C@@H](NC(=O)CC(O)C(Cc1ccccc1)NC(=O)[C@@H](NC(=O)[C@H](CC(C)C)NC(=O)CC(C)C)C(C)C)[C@@H](C)CC. The fraction of sp³-hybridized carbons (Fsp3) is 0.711. The van der Waals surface area contributed by atoms with Crippen LogP contribution in [-0.4, -0.2) is 71.0 Å². The quantitative estimate of drug-likeness (QED) is 0.108. The molecular weight excluding hydrogens is 622 g/mol. The van der Waals surface area contributed by atoms with Crippen LogP contribution in [0.2, 0.25) is 0 Å². The van der Waals surface area contributed by atoms with Crippen LogP contribution < -0.4 is 26.6 Å². The summed E-state index contributed by atoms with van der Waals surface area (Å²) in [5, 5.41) is 25.8. The molecule has 11 nitrogen and oxygen atoms in total. The molecule has 0 aromatic heterocycles.